The number of nitrogens with one attached hydrogen (secondary N) is 2. The van der Waals surface area contributed by atoms with E-state index in [9.17, 15) is 51.9 Å². The summed E-state index contributed by atoms with van der Waals surface area (Å²) in [6.07, 6.45) is 6.92. The second-order valence-electron chi connectivity index (χ2n) is 14.5. The zero-order valence-electron chi connectivity index (χ0n) is 40.4. The molecule has 2 aliphatic rings. The molecule has 16 nitrogen and oxygen atoms in total. The van der Waals surface area contributed by atoms with Crippen LogP contribution in [0.1, 0.15) is 28.5 Å². The van der Waals surface area contributed by atoms with Gasteiger partial charge in [-0.3, -0.25) is 18.2 Å². The molecule has 9 rings (SSSR count). The molecule has 0 radical (unpaired) electrons. The Morgan fingerprint density at radius 2 is 0.485 bits per heavy atom. The second-order valence-corrected chi connectivity index (χ2v) is 20.2. The smallest absolute Gasteiger partial charge is 1.00 e. The normalized spacial score (nSPS) is 12.3. The van der Waals surface area contributed by atoms with Gasteiger partial charge in [0, 0.05) is 44.3 Å². The van der Waals surface area contributed by atoms with Crippen LogP contribution in [0.25, 0.3) is 90.9 Å². The van der Waals surface area contributed by atoms with Gasteiger partial charge in [-0.25, -0.2) is 9.97 Å². The molecule has 24 heteroatoms. The van der Waals surface area contributed by atoms with E-state index in [-0.39, 0.29) is 144 Å². The van der Waals surface area contributed by atoms with Gasteiger partial charge in [0.05, 0.1) is 42.4 Å². The Morgan fingerprint density at radius 1 is 0.309 bits per heavy atom. The summed E-state index contributed by atoms with van der Waals surface area (Å²) in [5.41, 5.74) is 7.41. The number of hydrogen-bond acceptors (Lipinski definition) is 10. The van der Waals surface area contributed by atoms with E-state index in [0.29, 0.717) is 89.4 Å². The van der Waals surface area contributed by atoms with Gasteiger partial charge in [0.15, 0.2) is 0 Å². The third-order valence-electron chi connectivity index (χ3n) is 10.5. The second kappa shape index (κ2) is 21.5. The first-order valence-electron chi connectivity index (χ1n) is 18.7. The minimum Gasteiger partial charge on any atom is -1.00 e. The molecule has 0 saturated carbocycles. The van der Waals surface area contributed by atoms with E-state index in [2.05, 4.69) is 9.97 Å². The van der Waals surface area contributed by atoms with Crippen molar-refractivity contribution in [3.8, 4) is 44.5 Å². The molecule has 6 N–H and O–H groups in total. The zero-order chi connectivity index (χ0) is 45.3. The summed E-state index contributed by atoms with van der Waals surface area (Å²) in [6.45, 7) is 0. The Morgan fingerprint density at radius 3 is 0.647 bits per heavy atom. The first-order chi connectivity index (χ1) is 30.2. The molecule has 3 aromatic heterocycles. The Balaban J connectivity index is 0.00000324. The molecular formula is C44H34N4Na4O12S4. The van der Waals surface area contributed by atoms with E-state index in [0.717, 1.165) is 0 Å². The number of rotatable bonds is 8. The molecule has 4 aromatic carbocycles. The largest absolute Gasteiger partial charge is 1.00 e. The van der Waals surface area contributed by atoms with Crippen molar-refractivity contribution < 1.29 is 176 Å². The molecule has 68 heavy (non-hydrogen) atoms. The fourth-order valence-corrected chi connectivity index (χ4v) is 9.51. The van der Waals surface area contributed by atoms with Gasteiger partial charge in [-0.1, -0.05) is 48.5 Å². The minimum absolute atomic E-state index is 0. The average Bonchev–Trinajstić information content (AvgIpc) is 4.08. The predicted octanol–water partition coefficient (Wildman–Crippen LogP) is -3.22. The van der Waals surface area contributed by atoms with Crippen LogP contribution >= 0.6 is 0 Å². The summed E-state index contributed by atoms with van der Waals surface area (Å²) >= 11 is 0. The number of aromatic nitrogens is 4. The van der Waals surface area contributed by atoms with E-state index in [1.807, 2.05) is 0 Å². The minimum atomic E-state index is -4.55. The number of aromatic amines is 2. The summed E-state index contributed by atoms with van der Waals surface area (Å²) in [4.78, 5) is 15.6. The summed E-state index contributed by atoms with van der Waals surface area (Å²) in [5, 5.41) is 0. The van der Waals surface area contributed by atoms with Gasteiger partial charge in [0.1, 0.15) is 0 Å². The summed E-state index contributed by atoms with van der Waals surface area (Å²) in [5.74, 6) is 0. The fourth-order valence-electron chi connectivity index (χ4n) is 7.59. The van der Waals surface area contributed by atoms with Crippen LogP contribution in [-0.2, 0) is 40.5 Å². The summed E-state index contributed by atoms with van der Waals surface area (Å²) in [7, 11) is -18.2. The molecule has 2 aliphatic heterocycles. The van der Waals surface area contributed by atoms with Crippen molar-refractivity contribution in [1.29, 1.82) is 0 Å². The molecule has 8 bridgehead atoms. The molecule has 0 unspecified atom stereocenters. The fraction of sp³-hybridized carbons (Fsp3) is 0. The molecule has 0 saturated heterocycles. The quantitative estimate of drug-likeness (QED) is 0.0646. The van der Waals surface area contributed by atoms with Gasteiger partial charge < -0.3 is 15.7 Å². The number of benzene rings is 4. The van der Waals surface area contributed by atoms with Crippen LogP contribution in [0.5, 0.6) is 0 Å². The van der Waals surface area contributed by atoms with Crippen LogP contribution in [0.2, 0.25) is 0 Å². The Kier molecular flexibility index (Phi) is 17.7. The molecule has 0 aliphatic carbocycles. The topological polar surface area (TPSA) is 275 Å². The third kappa shape index (κ3) is 11.6. The first kappa shape index (κ1) is 56.0. The monoisotopic (exact) mass is 1030 g/mol. The number of fused-ring (bicyclic) bond motifs is 8. The third-order valence-corrected chi connectivity index (χ3v) is 14.0. The summed E-state index contributed by atoms with van der Waals surface area (Å²) in [6, 6.07) is 29.0. The van der Waals surface area contributed by atoms with Crippen molar-refractivity contribution in [2.45, 2.75) is 19.6 Å². The SMILES string of the molecule is O=S(=O)(O)c1ccc(-c2c3nc(c(-c4ccc(S(=O)(=O)O)cc4)c4ccc([nH]4)c(-c4ccc(S(=O)(=O)O)cc4)c4nc(c(-c5ccc(S(=O)(=O)O)cc5)c5ccc2[nH]5)C=C4)C=C3)cc1.[H-].[H-].[H-].[H-].[Na+].[Na+].[Na+].[Na+]. The number of H-pyrrole nitrogens is 2. The standard InChI is InChI=1S/C44H30N4O12S4.4Na.4H/c49-61(50,51)29-9-1-25(2-10-29)41-33-17-19-35(45-33)42(26-3-11-30(12-4-26)62(52,53)54)37-21-23-39(47-37)44(28-7-15-32(16-8-28)64(58,59)60)40-24-22-38(48-40)43(36-20-18-34(41)46-36)27-5-13-31(14-6-27)63(55,56)57;;;;;;;;/h1-24,45,48H,(H,49,50,51)(H,52,53,54)(H,55,56,57)(H,58,59,60);;;;;;;;/q;4*+1;4*-1. The molecule has 0 amide bonds. The maximum atomic E-state index is 12.0. The average molecular weight is 1030 g/mol. The van der Waals surface area contributed by atoms with E-state index in [1.165, 1.54) is 97.1 Å². The van der Waals surface area contributed by atoms with Gasteiger partial charge in [-0.2, -0.15) is 33.7 Å². The number of hydrogen-bond donors (Lipinski definition) is 6. The maximum absolute atomic E-state index is 12.0. The van der Waals surface area contributed by atoms with Gasteiger partial charge in [0.2, 0.25) is 0 Å². The van der Waals surface area contributed by atoms with Gasteiger partial charge in [0.25, 0.3) is 40.5 Å². The van der Waals surface area contributed by atoms with Crippen LogP contribution in [0.15, 0.2) is 141 Å². The van der Waals surface area contributed by atoms with Crippen molar-refractivity contribution in [3.05, 3.63) is 144 Å². The van der Waals surface area contributed by atoms with E-state index < -0.39 is 40.5 Å². The predicted molar refractivity (Wildman–Crippen MR) is 244 cm³/mol. The van der Waals surface area contributed by atoms with E-state index in [4.69, 9.17) is 9.97 Å². The van der Waals surface area contributed by atoms with Crippen molar-refractivity contribution in [1.82, 2.24) is 19.9 Å². The van der Waals surface area contributed by atoms with Crippen LogP contribution in [0, 0.1) is 0 Å². The molecule has 5 heterocycles. The molecule has 0 atom stereocenters. The Hall–Kier alpha value is -2.88. The molecular weight excluding hydrogens is 997 g/mol. The van der Waals surface area contributed by atoms with Crippen molar-refractivity contribution in [2.24, 2.45) is 0 Å². The Labute approximate surface area is 484 Å². The van der Waals surface area contributed by atoms with Crippen LogP contribution < -0.4 is 118 Å². The summed E-state index contributed by atoms with van der Waals surface area (Å²) < 4.78 is 135. The maximum Gasteiger partial charge on any atom is 1.00 e. The van der Waals surface area contributed by atoms with Crippen LogP contribution in [-0.4, -0.2) is 71.8 Å². The molecule has 0 fully saturated rings. The van der Waals surface area contributed by atoms with Crippen molar-refractivity contribution in [3.63, 3.8) is 0 Å². The zero-order valence-corrected chi connectivity index (χ0v) is 47.7. The number of nitrogens with zero attached hydrogens (tertiary/aromatic N) is 2. The van der Waals surface area contributed by atoms with E-state index >= 15 is 0 Å². The van der Waals surface area contributed by atoms with Crippen molar-refractivity contribution >= 4 is 86.8 Å². The van der Waals surface area contributed by atoms with Crippen LogP contribution in [0.3, 0.4) is 0 Å². The van der Waals surface area contributed by atoms with Crippen LogP contribution in [0.4, 0.5) is 0 Å². The van der Waals surface area contributed by atoms with Crippen molar-refractivity contribution in [2.75, 3.05) is 0 Å². The van der Waals surface area contributed by atoms with Gasteiger partial charge >= 0.3 is 118 Å². The Bertz CT molecular complexity index is 3340. The van der Waals surface area contributed by atoms with Gasteiger partial charge in [-0.15, -0.1) is 0 Å². The molecule has 330 valence electrons. The van der Waals surface area contributed by atoms with Gasteiger partial charge in [-0.05, 0) is 119 Å². The first-order valence-corrected chi connectivity index (χ1v) is 24.5. The molecule has 7 aromatic rings. The molecule has 0 spiro atoms. The van der Waals surface area contributed by atoms with E-state index in [1.54, 1.807) is 48.6 Å².